The SMILES string of the molecule is O=C(N[C@H]1CCC[C@@H](n2c(CC3CC3)nc3cnc(-c4nc[nH]n4)cc32)C1)c1ncc(Cl)s1. The number of hydrogen-bond acceptors (Lipinski definition) is 7. The standard InChI is InChI=1S/C22H23ClN8OS/c23-18-10-25-22(33-18)21(32)28-13-2-1-3-14(7-13)31-17-8-15(20-26-11-27-30-20)24-9-16(17)29-19(31)6-12-4-5-12/h8-14H,1-7H2,(H,28,32)(H,26,27,30)/t13-,14+/m0/s1. The van der Waals surface area contributed by atoms with Gasteiger partial charge in [-0.05, 0) is 50.5 Å². The van der Waals surface area contributed by atoms with Crippen LogP contribution >= 0.6 is 22.9 Å². The van der Waals surface area contributed by atoms with Gasteiger partial charge in [-0.1, -0.05) is 22.9 Å². The van der Waals surface area contributed by atoms with Gasteiger partial charge < -0.3 is 9.88 Å². The maximum atomic E-state index is 12.7. The summed E-state index contributed by atoms with van der Waals surface area (Å²) in [5, 5.41) is 10.5. The van der Waals surface area contributed by atoms with Crippen molar-refractivity contribution in [2.24, 2.45) is 5.92 Å². The van der Waals surface area contributed by atoms with Crippen molar-refractivity contribution >= 4 is 39.9 Å². The molecule has 2 aliphatic carbocycles. The number of amides is 1. The van der Waals surface area contributed by atoms with E-state index in [0.717, 1.165) is 60.6 Å². The second-order valence-corrected chi connectivity index (χ2v) is 10.5. The number of H-pyrrole nitrogens is 1. The van der Waals surface area contributed by atoms with Gasteiger partial charge in [-0.2, -0.15) is 5.10 Å². The number of aromatic amines is 1. The molecule has 6 rings (SSSR count). The molecule has 0 aromatic carbocycles. The van der Waals surface area contributed by atoms with Crippen LogP contribution in [0.2, 0.25) is 4.34 Å². The average Bonchev–Trinajstić information content (AvgIpc) is 3.19. The van der Waals surface area contributed by atoms with Gasteiger partial charge >= 0.3 is 0 Å². The summed E-state index contributed by atoms with van der Waals surface area (Å²) >= 11 is 7.16. The number of pyridine rings is 1. The van der Waals surface area contributed by atoms with E-state index in [1.54, 1.807) is 6.33 Å². The van der Waals surface area contributed by atoms with Crippen LogP contribution in [-0.4, -0.2) is 46.6 Å². The monoisotopic (exact) mass is 482 g/mol. The molecule has 1 amide bonds. The van der Waals surface area contributed by atoms with E-state index in [4.69, 9.17) is 16.6 Å². The Morgan fingerprint density at radius 3 is 2.88 bits per heavy atom. The van der Waals surface area contributed by atoms with Crippen LogP contribution in [0.25, 0.3) is 22.6 Å². The molecule has 2 atom stereocenters. The highest BCUT2D eigenvalue weighted by molar-refractivity contribution is 7.17. The Kier molecular flexibility index (Phi) is 5.34. The van der Waals surface area contributed by atoms with E-state index in [1.807, 2.05) is 12.3 Å². The van der Waals surface area contributed by atoms with E-state index in [-0.39, 0.29) is 18.0 Å². The summed E-state index contributed by atoms with van der Waals surface area (Å²) in [6.07, 6.45) is 12.3. The third-order valence-electron chi connectivity index (χ3n) is 6.48. The number of carbonyl (C=O) groups excluding carboxylic acids is 1. The second-order valence-electron chi connectivity index (χ2n) is 8.89. The maximum absolute atomic E-state index is 12.7. The molecular formula is C22H23ClN8OS. The molecule has 0 aliphatic heterocycles. The Morgan fingerprint density at radius 2 is 2.12 bits per heavy atom. The molecule has 4 aromatic heterocycles. The summed E-state index contributed by atoms with van der Waals surface area (Å²) in [7, 11) is 0. The van der Waals surface area contributed by atoms with E-state index < -0.39 is 0 Å². The maximum Gasteiger partial charge on any atom is 0.280 e. The lowest BCUT2D eigenvalue weighted by Gasteiger charge is -2.32. The van der Waals surface area contributed by atoms with Crippen LogP contribution in [0, 0.1) is 5.92 Å². The quantitative estimate of drug-likeness (QED) is 0.426. The molecule has 2 saturated carbocycles. The van der Waals surface area contributed by atoms with Crippen LogP contribution in [0.4, 0.5) is 0 Å². The lowest BCUT2D eigenvalue weighted by molar-refractivity contribution is 0.0920. The minimum Gasteiger partial charge on any atom is -0.347 e. The molecule has 4 heterocycles. The molecule has 0 radical (unpaired) electrons. The first-order valence-electron chi connectivity index (χ1n) is 11.3. The van der Waals surface area contributed by atoms with Crippen LogP contribution in [-0.2, 0) is 6.42 Å². The Balaban J connectivity index is 1.31. The number of aromatic nitrogens is 7. The third-order valence-corrected chi connectivity index (χ3v) is 7.59. The van der Waals surface area contributed by atoms with Gasteiger partial charge in [-0.3, -0.25) is 14.9 Å². The number of nitrogens with one attached hydrogen (secondary N) is 2. The fourth-order valence-electron chi connectivity index (χ4n) is 4.77. The summed E-state index contributed by atoms with van der Waals surface area (Å²) in [4.78, 5) is 30.5. The first-order chi connectivity index (χ1) is 16.1. The van der Waals surface area contributed by atoms with E-state index in [1.165, 1.54) is 30.4 Å². The third kappa shape index (κ3) is 4.24. The van der Waals surface area contributed by atoms with Crippen molar-refractivity contribution in [3.05, 3.63) is 40.0 Å². The summed E-state index contributed by atoms with van der Waals surface area (Å²) in [6, 6.07) is 2.38. The number of halogens is 1. The van der Waals surface area contributed by atoms with Crippen molar-refractivity contribution in [3.8, 4) is 11.5 Å². The first kappa shape index (κ1) is 20.7. The minimum atomic E-state index is -0.151. The zero-order valence-corrected chi connectivity index (χ0v) is 19.4. The number of fused-ring (bicyclic) bond motifs is 1. The molecule has 2 aliphatic rings. The highest BCUT2D eigenvalue weighted by Gasteiger charge is 2.31. The zero-order valence-electron chi connectivity index (χ0n) is 17.9. The lowest BCUT2D eigenvalue weighted by atomic mass is 9.90. The van der Waals surface area contributed by atoms with Gasteiger partial charge in [0.25, 0.3) is 5.91 Å². The van der Waals surface area contributed by atoms with Crippen molar-refractivity contribution in [3.63, 3.8) is 0 Å². The van der Waals surface area contributed by atoms with Crippen LogP contribution in [0.1, 0.15) is 60.2 Å². The summed E-state index contributed by atoms with van der Waals surface area (Å²) in [5.74, 6) is 2.26. The summed E-state index contributed by atoms with van der Waals surface area (Å²) in [5.41, 5.74) is 2.68. The van der Waals surface area contributed by atoms with Crippen molar-refractivity contribution in [2.75, 3.05) is 0 Å². The number of nitrogens with zero attached hydrogens (tertiary/aromatic N) is 6. The average molecular weight is 483 g/mol. The summed E-state index contributed by atoms with van der Waals surface area (Å²) < 4.78 is 2.91. The van der Waals surface area contributed by atoms with Gasteiger partial charge in [0.1, 0.15) is 27.7 Å². The van der Waals surface area contributed by atoms with Crippen molar-refractivity contribution in [1.29, 1.82) is 0 Å². The van der Waals surface area contributed by atoms with E-state index >= 15 is 0 Å². The summed E-state index contributed by atoms with van der Waals surface area (Å²) in [6.45, 7) is 0. The number of thiazole rings is 1. The molecule has 4 aromatic rings. The second kappa shape index (κ2) is 8.49. The van der Waals surface area contributed by atoms with Gasteiger partial charge in [-0.15, -0.1) is 0 Å². The highest BCUT2D eigenvalue weighted by atomic mass is 35.5. The fourth-order valence-corrected chi connectivity index (χ4v) is 5.59. The van der Waals surface area contributed by atoms with Crippen LogP contribution in [0.3, 0.4) is 0 Å². The predicted molar refractivity (Wildman–Crippen MR) is 125 cm³/mol. The molecule has 170 valence electrons. The smallest absolute Gasteiger partial charge is 0.280 e. The van der Waals surface area contributed by atoms with Gasteiger partial charge in [0, 0.05) is 18.5 Å². The molecular weight excluding hydrogens is 460 g/mol. The number of hydrogen-bond donors (Lipinski definition) is 2. The Morgan fingerprint density at radius 1 is 1.21 bits per heavy atom. The predicted octanol–water partition coefficient (Wildman–Crippen LogP) is 4.19. The lowest BCUT2D eigenvalue weighted by Crippen LogP contribution is -2.39. The van der Waals surface area contributed by atoms with E-state index in [0.29, 0.717) is 15.2 Å². The largest absolute Gasteiger partial charge is 0.347 e. The van der Waals surface area contributed by atoms with Crippen molar-refractivity contribution in [2.45, 2.75) is 57.0 Å². The van der Waals surface area contributed by atoms with Crippen LogP contribution < -0.4 is 5.32 Å². The molecule has 2 N–H and O–H groups in total. The Bertz CT molecular complexity index is 1300. The minimum absolute atomic E-state index is 0.0828. The number of rotatable bonds is 6. The topological polar surface area (TPSA) is 114 Å². The van der Waals surface area contributed by atoms with Gasteiger partial charge in [0.15, 0.2) is 10.8 Å². The Hall–Kier alpha value is -2.85. The molecule has 33 heavy (non-hydrogen) atoms. The van der Waals surface area contributed by atoms with Gasteiger partial charge in [-0.25, -0.2) is 15.0 Å². The normalized spacial score (nSPS) is 20.9. The van der Waals surface area contributed by atoms with Gasteiger partial charge in [0.2, 0.25) is 0 Å². The molecule has 9 nitrogen and oxygen atoms in total. The zero-order chi connectivity index (χ0) is 22.4. The number of imidazole rings is 1. The Labute approximate surface area is 199 Å². The van der Waals surface area contributed by atoms with Crippen LogP contribution in [0.15, 0.2) is 24.8 Å². The molecule has 0 saturated heterocycles. The van der Waals surface area contributed by atoms with Gasteiger partial charge in [0.05, 0.1) is 17.9 Å². The molecule has 2 fully saturated rings. The highest BCUT2D eigenvalue weighted by Crippen LogP contribution is 2.38. The van der Waals surface area contributed by atoms with Crippen molar-refractivity contribution < 1.29 is 4.79 Å². The van der Waals surface area contributed by atoms with E-state index in [9.17, 15) is 4.79 Å². The molecule has 0 bridgehead atoms. The molecule has 0 spiro atoms. The van der Waals surface area contributed by atoms with E-state index in [2.05, 4.69) is 35.0 Å². The first-order valence-corrected chi connectivity index (χ1v) is 12.5. The molecule has 0 unspecified atom stereocenters. The van der Waals surface area contributed by atoms with Crippen LogP contribution in [0.5, 0.6) is 0 Å². The fraction of sp³-hybridized carbons (Fsp3) is 0.455. The van der Waals surface area contributed by atoms with Crippen molar-refractivity contribution in [1.82, 2.24) is 40.0 Å². The molecule has 11 heteroatoms. The number of carbonyl (C=O) groups is 1.